The molecule has 4 nitrogen and oxygen atoms in total. The van der Waals surface area contributed by atoms with Crippen LogP contribution in [0.25, 0.3) is 0 Å². The van der Waals surface area contributed by atoms with Crippen LogP contribution in [0.2, 0.25) is 5.02 Å². The Morgan fingerprint density at radius 3 is 2.84 bits per heavy atom. The third-order valence-electron chi connectivity index (χ3n) is 2.78. The first-order valence-corrected chi connectivity index (χ1v) is 6.56. The molecule has 0 unspecified atom stereocenters. The van der Waals surface area contributed by atoms with E-state index in [2.05, 4.69) is 17.0 Å². The van der Waals surface area contributed by atoms with Gasteiger partial charge in [-0.05, 0) is 19.2 Å². The smallest absolute Gasteiger partial charge is 0.137 e. The first-order valence-electron chi connectivity index (χ1n) is 6.18. The lowest BCUT2D eigenvalue weighted by Crippen LogP contribution is -2.23. The van der Waals surface area contributed by atoms with Crippen molar-refractivity contribution >= 4 is 11.6 Å². The van der Waals surface area contributed by atoms with E-state index < -0.39 is 0 Å². The minimum atomic E-state index is 0.612. The Morgan fingerprint density at radius 2 is 2.16 bits per heavy atom. The van der Waals surface area contributed by atoms with E-state index in [1.165, 1.54) is 5.56 Å². The van der Waals surface area contributed by atoms with Crippen LogP contribution in [-0.4, -0.2) is 34.9 Å². The van der Waals surface area contributed by atoms with Crippen LogP contribution in [0.1, 0.15) is 5.56 Å². The molecule has 0 radical (unpaired) electrons. The summed E-state index contributed by atoms with van der Waals surface area (Å²) in [5, 5.41) is 4.80. The molecule has 1 aromatic carbocycles. The molecule has 2 rings (SSSR count). The molecule has 0 saturated carbocycles. The highest BCUT2D eigenvalue weighted by Crippen LogP contribution is 2.22. The summed E-state index contributed by atoms with van der Waals surface area (Å²) in [5.41, 5.74) is 1.20. The van der Waals surface area contributed by atoms with E-state index in [0.717, 1.165) is 18.8 Å². The summed E-state index contributed by atoms with van der Waals surface area (Å²) >= 11 is 6.02. The fourth-order valence-electron chi connectivity index (χ4n) is 1.82. The van der Waals surface area contributed by atoms with Gasteiger partial charge < -0.3 is 4.74 Å². The summed E-state index contributed by atoms with van der Waals surface area (Å²) in [6.07, 6.45) is 3.90. The van der Waals surface area contributed by atoms with Crippen LogP contribution in [0.3, 0.4) is 0 Å². The third-order valence-corrected chi connectivity index (χ3v) is 3.09. The van der Waals surface area contributed by atoms with Crippen molar-refractivity contribution < 1.29 is 4.74 Å². The molecular weight excluding hydrogens is 262 g/mol. The Kier molecular flexibility index (Phi) is 4.82. The molecule has 0 N–H and O–H groups in total. The molecule has 1 aromatic heterocycles. The van der Waals surface area contributed by atoms with Crippen molar-refractivity contribution in [2.45, 2.75) is 6.54 Å². The fourth-order valence-corrected chi connectivity index (χ4v) is 2.01. The average Bonchev–Trinajstić information content (AvgIpc) is 2.77. The molecule has 0 atom stereocenters. The minimum absolute atomic E-state index is 0.612. The normalized spacial score (nSPS) is 10.9. The highest BCUT2D eigenvalue weighted by molar-refractivity contribution is 6.32. The summed E-state index contributed by atoms with van der Waals surface area (Å²) in [4.78, 5) is 2.19. The number of rotatable bonds is 6. The van der Waals surface area contributed by atoms with Gasteiger partial charge in [-0.25, -0.2) is 0 Å². The zero-order valence-electron chi connectivity index (χ0n) is 11.2. The lowest BCUT2D eigenvalue weighted by molar-refractivity contribution is 0.233. The number of hydrogen-bond acceptors (Lipinski definition) is 3. The second kappa shape index (κ2) is 6.59. The van der Waals surface area contributed by atoms with Crippen molar-refractivity contribution in [3.05, 3.63) is 47.2 Å². The van der Waals surface area contributed by atoms with Gasteiger partial charge in [0, 0.05) is 31.9 Å². The lowest BCUT2D eigenvalue weighted by Gasteiger charge is -2.16. The van der Waals surface area contributed by atoms with Gasteiger partial charge in [-0.15, -0.1) is 0 Å². The molecular formula is C14H18ClN3O. The quantitative estimate of drug-likeness (QED) is 0.814. The predicted octanol–water partition coefficient (Wildman–Crippen LogP) is 2.58. The van der Waals surface area contributed by atoms with Gasteiger partial charge in [-0.3, -0.25) is 9.58 Å². The van der Waals surface area contributed by atoms with Gasteiger partial charge in [0.05, 0.1) is 11.2 Å². The van der Waals surface area contributed by atoms with Crippen molar-refractivity contribution in [3.8, 4) is 5.75 Å². The molecule has 0 aliphatic heterocycles. The number of likely N-dealkylation sites (N-methyl/N-ethyl adjacent to an activating group) is 1. The maximum atomic E-state index is 6.02. The molecule has 0 aliphatic rings. The molecule has 2 aromatic rings. The highest BCUT2D eigenvalue weighted by Gasteiger charge is 2.04. The predicted molar refractivity (Wildman–Crippen MR) is 76.5 cm³/mol. The van der Waals surface area contributed by atoms with E-state index in [4.69, 9.17) is 16.3 Å². The van der Waals surface area contributed by atoms with Gasteiger partial charge in [-0.2, -0.15) is 5.10 Å². The molecule has 0 amide bonds. The number of hydrogen-bond donors (Lipinski definition) is 0. The second-order valence-electron chi connectivity index (χ2n) is 4.54. The molecule has 0 saturated heterocycles. The first kappa shape index (κ1) is 13.9. The van der Waals surface area contributed by atoms with E-state index in [9.17, 15) is 0 Å². The topological polar surface area (TPSA) is 30.3 Å². The summed E-state index contributed by atoms with van der Waals surface area (Å²) in [5.74, 6) is 0.735. The van der Waals surface area contributed by atoms with Crippen LogP contribution in [0, 0.1) is 0 Å². The number of benzene rings is 1. The molecule has 5 heteroatoms. The molecule has 102 valence electrons. The van der Waals surface area contributed by atoms with E-state index in [0.29, 0.717) is 11.6 Å². The molecule has 0 spiro atoms. The molecule has 0 bridgehead atoms. The molecule has 1 heterocycles. The Labute approximate surface area is 118 Å². The molecule has 0 fully saturated rings. The van der Waals surface area contributed by atoms with Crippen LogP contribution >= 0.6 is 11.6 Å². The van der Waals surface area contributed by atoms with Crippen molar-refractivity contribution in [1.82, 2.24) is 14.7 Å². The monoisotopic (exact) mass is 279 g/mol. The van der Waals surface area contributed by atoms with Gasteiger partial charge in [-0.1, -0.05) is 23.7 Å². The number of halogens is 1. The van der Waals surface area contributed by atoms with Crippen LogP contribution in [0.15, 0.2) is 36.7 Å². The average molecular weight is 280 g/mol. The number of aromatic nitrogens is 2. The number of para-hydroxylation sites is 1. The van der Waals surface area contributed by atoms with Crippen molar-refractivity contribution in [2.24, 2.45) is 7.05 Å². The third kappa shape index (κ3) is 4.26. The molecule has 0 aliphatic carbocycles. The highest BCUT2D eigenvalue weighted by atomic mass is 35.5. The largest absolute Gasteiger partial charge is 0.491 e. The number of nitrogens with zero attached hydrogens (tertiary/aromatic N) is 3. The van der Waals surface area contributed by atoms with Gasteiger partial charge in [0.25, 0.3) is 0 Å². The van der Waals surface area contributed by atoms with Crippen LogP contribution in [-0.2, 0) is 13.6 Å². The van der Waals surface area contributed by atoms with Crippen LogP contribution in [0.4, 0.5) is 0 Å². The summed E-state index contributed by atoms with van der Waals surface area (Å²) in [7, 11) is 3.98. The van der Waals surface area contributed by atoms with Crippen LogP contribution < -0.4 is 4.74 Å². The molecule has 19 heavy (non-hydrogen) atoms. The zero-order chi connectivity index (χ0) is 13.7. The summed E-state index contributed by atoms with van der Waals surface area (Å²) in [6.45, 7) is 2.31. The minimum Gasteiger partial charge on any atom is -0.491 e. The van der Waals surface area contributed by atoms with Gasteiger partial charge in [0.2, 0.25) is 0 Å². The van der Waals surface area contributed by atoms with Crippen molar-refractivity contribution in [1.29, 1.82) is 0 Å². The fraction of sp³-hybridized carbons (Fsp3) is 0.357. The Hall–Kier alpha value is -1.52. The van der Waals surface area contributed by atoms with Crippen LogP contribution in [0.5, 0.6) is 5.75 Å². The Bertz CT molecular complexity index is 527. The number of aryl methyl sites for hydroxylation is 1. The zero-order valence-corrected chi connectivity index (χ0v) is 12.0. The summed E-state index contributed by atoms with van der Waals surface area (Å²) in [6, 6.07) is 7.52. The second-order valence-corrected chi connectivity index (χ2v) is 4.95. The van der Waals surface area contributed by atoms with Crippen molar-refractivity contribution in [2.75, 3.05) is 20.2 Å². The Morgan fingerprint density at radius 1 is 1.37 bits per heavy atom. The maximum absolute atomic E-state index is 6.02. The van der Waals surface area contributed by atoms with E-state index in [1.807, 2.05) is 48.4 Å². The lowest BCUT2D eigenvalue weighted by atomic mass is 10.3. The standard InChI is InChI=1S/C14H18ClN3O/c1-17(10-12-9-16-18(2)11-12)7-8-19-14-6-4-3-5-13(14)15/h3-6,9,11H,7-8,10H2,1-2H3. The first-order chi connectivity index (χ1) is 9.15. The van der Waals surface area contributed by atoms with Gasteiger partial charge in [0.15, 0.2) is 0 Å². The van der Waals surface area contributed by atoms with Crippen molar-refractivity contribution in [3.63, 3.8) is 0 Å². The van der Waals surface area contributed by atoms with E-state index >= 15 is 0 Å². The van der Waals surface area contributed by atoms with Gasteiger partial charge >= 0.3 is 0 Å². The number of ether oxygens (including phenoxy) is 1. The Balaban J connectivity index is 1.75. The maximum Gasteiger partial charge on any atom is 0.137 e. The van der Waals surface area contributed by atoms with Gasteiger partial charge in [0.1, 0.15) is 12.4 Å². The summed E-state index contributed by atoms with van der Waals surface area (Å²) < 4.78 is 7.46. The van der Waals surface area contributed by atoms with E-state index in [1.54, 1.807) is 0 Å². The van der Waals surface area contributed by atoms with E-state index in [-0.39, 0.29) is 0 Å². The SMILES string of the molecule is CN(CCOc1ccccc1Cl)Cc1cnn(C)c1.